The Labute approximate surface area is 91.2 Å². The van der Waals surface area contributed by atoms with Crippen LogP contribution in [0.4, 0.5) is 4.79 Å². The molecule has 0 bridgehead atoms. The molecular formula is C11H21N3O. The summed E-state index contributed by atoms with van der Waals surface area (Å²) in [7, 11) is 0. The summed E-state index contributed by atoms with van der Waals surface area (Å²) in [6, 6.07) is 0.416. The molecule has 4 heteroatoms. The number of nitrogens with one attached hydrogen (secondary N) is 1. The Morgan fingerprint density at radius 3 is 2.67 bits per heavy atom. The van der Waals surface area contributed by atoms with Crippen molar-refractivity contribution >= 4 is 6.03 Å². The highest BCUT2D eigenvalue weighted by Gasteiger charge is 2.41. The number of urea groups is 1. The number of hydrogen-bond acceptors (Lipinski definition) is 2. The summed E-state index contributed by atoms with van der Waals surface area (Å²) < 4.78 is 0. The summed E-state index contributed by atoms with van der Waals surface area (Å²) in [5, 5.41) is 3.08. The molecule has 0 aromatic carbocycles. The van der Waals surface area contributed by atoms with Gasteiger partial charge < -0.3 is 16.0 Å². The fourth-order valence-corrected chi connectivity index (χ4v) is 2.30. The molecule has 1 saturated carbocycles. The first-order valence-corrected chi connectivity index (χ1v) is 5.83. The van der Waals surface area contributed by atoms with Crippen LogP contribution in [0.5, 0.6) is 0 Å². The van der Waals surface area contributed by atoms with E-state index in [0.717, 1.165) is 6.54 Å². The second-order valence-electron chi connectivity index (χ2n) is 5.37. The van der Waals surface area contributed by atoms with Gasteiger partial charge in [0.2, 0.25) is 0 Å². The molecule has 0 radical (unpaired) electrons. The van der Waals surface area contributed by atoms with Crippen molar-refractivity contribution in [3.8, 4) is 0 Å². The van der Waals surface area contributed by atoms with Crippen molar-refractivity contribution in [3.05, 3.63) is 0 Å². The molecule has 86 valence electrons. The monoisotopic (exact) mass is 211 g/mol. The molecule has 2 aliphatic rings. The molecule has 1 atom stereocenters. The number of carbonyl (C=O) groups is 1. The van der Waals surface area contributed by atoms with E-state index in [1.54, 1.807) is 0 Å². The van der Waals surface area contributed by atoms with E-state index in [-0.39, 0.29) is 11.6 Å². The summed E-state index contributed by atoms with van der Waals surface area (Å²) in [5.41, 5.74) is 5.48. The Hall–Kier alpha value is -0.770. The van der Waals surface area contributed by atoms with Gasteiger partial charge in [-0.05, 0) is 32.6 Å². The summed E-state index contributed by atoms with van der Waals surface area (Å²) in [6.45, 7) is 5.39. The first kappa shape index (κ1) is 10.7. The minimum atomic E-state index is -0.220. The Bertz CT molecular complexity index is 261. The van der Waals surface area contributed by atoms with Crippen LogP contribution in [0, 0.1) is 5.92 Å². The van der Waals surface area contributed by atoms with E-state index >= 15 is 0 Å². The van der Waals surface area contributed by atoms with Crippen LogP contribution in [0.25, 0.3) is 0 Å². The SMILES string of the molecule is CC(C)(CN)N1CC(C2CCC2)NC1=O. The molecule has 0 aromatic rings. The van der Waals surface area contributed by atoms with Crippen molar-refractivity contribution in [2.45, 2.75) is 44.7 Å². The van der Waals surface area contributed by atoms with E-state index in [2.05, 4.69) is 5.32 Å². The van der Waals surface area contributed by atoms with Crippen LogP contribution in [0.3, 0.4) is 0 Å². The van der Waals surface area contributed by atoms with E-state index in [0.29, 0.717) is 18.5 Å². The molecule has 1 unspecified atom stereocenters. The van der Waals surface area contributed by atoms with Gasteiger partial charge in [-0.3, -0.25) is 0 Å². The Balaban J connectivity index is 2.00. The molecular weight excluding hydrogens is 190 g/mol. The van der Waals surface area contributed by atoms with Gasteiger partial charge in [0.1, 0.15) is 0 Å². The topological polar surface area (TPSA) is 58.4 Å². The van der Waals surface area contributed by atoms with Gasteiger partial charge in [0, 0.05) is 13.1 Å². The van der Waals surface area contributed by atoms with Gasteiger partial charge >= 0.3 is 6.03 Å². The smallest absolute Gasteiger partial charge is 0.318 e. The molecule has 1 aliphatic heterocycles. The van der Waals surface area contributed by atoms with Crippen molar-refractivity contribution in [1.82, 2.24) is 10.2 Å². The zero-order valence-corrected chi connectivity index (χ0v) is 9.62. The first-order chi connectivity index (χ1) is 7.04. The van der Waals surface area contributed by atoms with Crippen molar-refractivity contribution in [2.24, 2.45) is 11.7 Å². The fourth-order valence-electron chi connectivity index (χ4n) is 2.30. The largest absolute Gasteiger partial charge is 0.333 e. The zero-order chi connectivity index (χ0) is 11.1. The second kappa shape index (κ2) is 3.67. The molecule has 2 rings (SSSR count). The third-order valence-electron chi connectivity index (χ3n) is 3.88. The Morgan fingerprint density at radius 1 is 1.53 bits per heavy atom. The minimum absolute atomic E-state index is 0.0577. The second-order valence-corrected chi connectivity index (χ2v) is 5.37. The van der Waals surface area contributed by atoms with Crippen molar-refractivity contribution in [1.29, 1.82) is 0 Å². The van der Waals surface area contributed by atoms with Crippen molar-refractivity contribution in [3.63, 3.8) is 0 Å². The predicted molar refractivity (Wildman–Crippen MR) is 59.5 cm³/mol. The molecule has 1 aliphatic carbocycles. The number of hydrogen-bond donors (Lipinski definition) is 2. The van der Waals surface area contributed by atoms with E-state index in [9.17, 15) is 4.79 Å². The summed E-state index contributed by atoms with van der Waals surface area (Å²) in [4.78, 5) is 13.7. The Kier molecular flexibility index (Phi) is 2.63. The maximum Gasteiger partial charge on any atom is 0.318 e. The lowest BCUT2D eigenvalue weighted by molar-refractivity contribution is 0.157. The molecule has 1 heterocycles. The molecule has 2 amide bonds. The van der Waals surface area contributed by atoms with Crippen LogP contribution in [0.1, 0.15) is 33.1 Å². The average Bonchev–Trinajstić information content (AvgIpc) is 2.45. The zero-order valence-electron chi connectivity index (χ0n) is 9.62. The van der Waals surface area contributed by atoms with Gasteiger partial charge in [-0.15, -0.1) is 0 Å². The predicted octanol–water partition coefficient (Wildman–Crippen LogP) is 0.918. The highest BCUT2D eigenvalue weighted by atomic mass is 16.2. The Morgan fingerprint density at radius 2 is 2.20 bits per heavy atom. The summed E-state index contributed by atoms with van der Waals surface area (Å²) in [5.74, 6) is 0.701. The van der Waals surface area contributed by atoms with Crippen LogP contribution >= 0.6 is 0 Å². The molecule has 1 saturated heterocycles. The average molecular weight is 211 g/mol. The maximum atomic E-state index is 11.8. The minimum Gasteiger partial charge on any atom is -0.333 e. The molecule has 0 spiro atoms. The number of carbonyl (C=O) groups excluding carboxylic acids is 1. The lowest BCUT2D eigenvalue weighted by Gasteiger charge is -2.35. The first-order valence-electron chi connectivity index (χ1n) is 5.83. The summed E-state index contributed by atoms with van der Waals surface area (Å²) in [6.07, 6.45) is 3.85. The third-order valence-corrected chi connectivity index (χ3v) is 3.88. The van der Waals surface area contributed by atoms with Crippen molar-refractivity contribution < 1.29 is 4.79 Å². The van der Waals surface area contributed by atoms with Gasteiger partial charge in [-0.1, -0.05) is 6.42 Å². The van der Waals surface area contributed by atoms with E-state index in [4.69, 9.17) is 5.73 Å². The van der Waals surface area contributed by atoms with E-state index in [1.807, 2.05) is 18.7 Å². The summed E-state index contributed by atoms with van der Waals surface area (Å²) >= 11 is 0. The molecule has 4 nitrogen and oxygen atoms in total. The van der Waals surface area contributed by atoms with Gasteiger partial charge in [-0.2, -0.15) is 0 Å². The molecule has 2 fully saturated rings. The van der Waals surface area contributed by atoms with Gasteiger partial charge in [0.05, 0.1) is 11.6 Å². The fraction of sp³-hybridized carbons (Fsp3) is 0.909. The van der Waals surface area contributed by atoms with E-state index < -0.39 is 0 Å². The normalized spacial score (nSPS) is 27.8. The number of nitrogens with zero attached hydrogens (tertiary/aromatic N) is 1. The van der Waals surface area contributed by atoms with Gasteiger partial charge in [0.15, 0.2) is 0 Å². The number of amides is 2. The highest BCUT2D eigenvalue weighted by molar-refractivity contribution is 5.77. The van der Waals surface area contributed by atoms with Crippen molar-refractivity contribution in [2.75, 3.05) is 13.1 Å². The molecule has 15 heavy (non-hydrogen) atoms. The quantitative estimate of drug-likeness (QED) is 0.729. The lowest BCUT2D eigenvalue weighted by Crippen LogP contribution is -2.50. The van der Waals surface area contributed by atoms with Crippen LogP contribution < -0.4 is 11.1 Å². The standard InChI is InChI=1S/C11H21N3O/c1-11(2,7-12)14-6-9(13-10(14)15)8-4-3-5-8/h8-9H,3-7,12H2,1-2H3,(H,13,15). The van der Waals surface area contributed by atoms with Crippen LogP contribution in [0.2, 0.25) is 0 Å². The number of rotatable bonds is 3. The van der Waals surface area contributed by atoms with Crippen LogP contribution in [0.15, 0.2) is 0 Å². The lowest BCUT2D eigenvalue weighted by atomic mass is 9.80. The van der Waals surface area contributed by atoms with Crippen LogP contribution in [-0.4, -0.2) is 35.6 Å². The van der Waals surface area contributed by atoms with Gasteiger partial charge in [-0.25, -0.2) is 4.79 Å². The van der Waals surface area contributed by atoms with E-state index in [1.165, 1.54) is 19.3 Å². The molecule has 0 aromatic heterocycles. The van der Waals surface area contributed by atoms with Crippen LogP contribution in [-0.2, 0) is 0 Å². The highest BCUT2D eigenvalue weighted by Crippen LogP contribution is 2.33. The molecule has 3 N–H and O–H groups in total. The third kappa shape index (κ3) is 1.83. The maximum absolute atomic E-state index is 11.8. The number of nitrogens with two attached hydrogens (primary N) is 1. The van der Waals surface area contributed by atoms with Gasteiger partial charge in [0.25, 0.3) is 0 Å².